The van der Waals surface area contributed by atoms with E-state index in [0.29, 0.717) is 12.8 Å². The number of carboxylic acids is 1. The number of aliphatic hydroxyl groups is 1. The van der Waals surface area contributed by atoms with Gasteiger partial charge < -0.3 is 15.5 Å². The Morgan fingerprint density at radius 1 is 1.60 bits per heavy atom. The topological polar surface area (TPSA) is 69.6 Å². The van der Waals surface area contributed by atoms with E-state index in [2.05, 4.69) is 5.32 Å². The molecule has 0 spiro atoms. The summed E-state index contributed by atoms with van der Waals surface area (Å²) in [5.74, 6) is -0.846. The van der Waals surface area contributed by atoms with Gasteiger partial charge in [0.1, 0.15) is 0 Å². The molecule has 0 amide bonds. The monoisotopic (exact) mass is 145 g/mol. The number of rotatable bonds is 3. The Morgan fingerprint density at radius 2 is 2.20 bits per heavy atom. The van der Waals surface area contributed by atoms with Crippen LogP contribution in [0.3, 0.4) is 0 Å². The predicted molar refractivity (Wildman–Crippen MR) is 34.7 cm³/mol. The Bertz CT molecular complexity index is 131. The lowest BCUT2D eigenvalue weighted by atomic mass is 9.90. The van der Waals surface area contributed by atoms with Crippen LogP contribution >= 0.6 is 0 Å². The molecule has 1 fully saturated rings. The van der Waals surface area contributed by atoms with Gasteiger partial charge >= 0.3 is 5.97 Å². The van der Waals surface area contributed by atoms with Crippen molar-refractivity contribution in [3.05, 3.63) is 0 Å². The van der Waals surface area contributed by atoms with Crippen LogP contribution < -0.4 is 5.32 Å². The molecule has 1 saturated carbocycles. The second-order valence-corrected chi connectivity index (χ2v) is 2.60. The lowest BCUT2D eigenvalue weighted by Gasteiger charge is -2.31. The predicted octanol–water partition coefficient (Wildman–Crippen LogP) is -0.816. The summed E-state index contributed by atoms with van der Waals surface area (Å²) < 4.78 is 0. The normalized spacial score (nSPS) is 31.3. The first-order valence-electron chi connectivity index (χ1n) is 3.31. The minimum Gasteiger partial charge on any atom is -0.480 e. The molecule has 0 aliphatic heterocycles. The first kappa shape index (κ1) is 7.50. The highest BCUT2D eigenvalue weighted by Crippen LogP contribution is 2.18. The van der Waals surface area contributed by atoms with E-state index in [4.69, 9.17) is 10.2 Å². The highest BCUT2D eigenvalue weighted by molar-refractivity contribution is 5.69. The largest absolute Gasteiger partial charge is 0.480 e. The Morgan fingerprint density at radius 3 is 2.60 bits per heavy atom. The molecule has 4 heteroatoms. The summed E-state index contributed by atoms with van der Waals surface area (Å²) in [4.78, 5) is 10.0. The molecule has 1 aliphatic carbocycles. The fraction of sp³-hybridized carbons (Fsp3) is 0.833. The zero-order valence-electron chi connectivity index (χ0n) is 5.58. The molecule has 1 rings (SSSR count). The molecule has 0 aromatic carbocycles. The van der Waals surface area contributed by atoms with Crippen molar-refractivity contribution in [3.8, 4) is 0 Å². The average Bonchev–Trinajstić information content (AvgIpc) is 1.77. The minimum atomic E-state index is -0.846. The van der Waals surface area contributed by atoms with Crippen molar-refractivity contribution in [1.82, 2.24) is 5.32 Å². The molecule has 0 saturated heterocycles. The molecule has 0 aromatic rings. The molecule has 10 heavy (non-hydrogen) atoms. The second kappa shape index (κ2) is 2.98. The van der Waals surface area contributed by atoms with Gasteiger partial charge in [0.15, 0.2) is 0 Å². The number of nitrogens with one attached hydrogen (secondary N) is 1. The molecule has 4 nitrogen and oxygen atoms in total. The van der Waals surface area contributed by atoms with Gasteiger partial charge in [-0.25, -0.2) is 0 Å². The van der Waals surface area contributed by atoms with Gasteiger partial charge in [0, 0.05) is 6.04 Å². The van der Waals surface area contributed by atoms with Crippen molar-refractivity contribution in [3.63, 3.8) is 0 Å². The van der Waals surface area contributed by atoms with Gasteiger partial charge in [-0.2, -0.15) is 0 Å². The zero-order chi connectivity index (χ0) is 7.56. The van der Waals surface area contributed by atoms with Gasteiger partial charge in [0.25, 0.3) is 0 Å². The van der Waals surface area contributed by atoms with Crippen LogP contribution in [-0.4, -0.2) is 34.9 Å². The summed E-state index contributed by atoms with van der Waals surface area (Å²) in [7, 11) is 0. The third-order valence-electron chi connectivity index (χ3n) is 1.66. The number of hydrogen-bond donors (Lipinski definition) is 3. The Hall–Kier alpha value is -0.610. The highest BCUT2D eigenvalue weighted by atomic mass is 16.4. The molecule has 58 valence electrons. The van der Waals surface area contributed by atoms with Crippen LogP contribution in [0.5, 0.6) is 0 Å². The summed E-state index contributed by atoms with van der Waals surface area (Å²) in [6, 6.07) is 0.214. The average molecular weight is 145 g/mol. The van der Waals surface area contributed by atoms with Crippen LogP contribution in [0.2, 0.25) is 0 Å². The highest BCUT2D eigenvalue weighted by Gasteiger charge is 2.26. The Labute approximate surface area is 58.9 Å². The molecule has 0 radical (unpaired) electrons. The van der Waals surface area contributed by atoms with Gasteiger partial charge in [-0.05, 0) is 12.8 Å². The van der Waals surface area contributed by atoms with Gasteiger partial charge in [-0.1, -0.05) is 0 Å². The quantitative estimate of drug-likeness (QED) is 0.485. The maximum atomic E-state index is 10.0. The van der Waals surface area contributed by atoms with Crippen LogP contribution in [0.4, 0.5) is 0 Å². The molecule has 1 aliphatic rings. The molecular formula is C6H11NO3. The zero-order valence-corrected chi connectivity index (χ0v) is 5.58. The summed E-state index contributed by atoms with van der Waals surface area (Å²) in [6.07, 6.45) is 1.16. The number of hydrogen-bond acceptors (Lipinski definition) is 3. The van der Waals surface area contributed by atoms with Crippen LogP contribution in [0.25, 0.3) is 0 Å². The Balaban J connectivity index is 2.00. The SMILES string of the molecule is O=C(O)CNC1CC(O)C1. The Kier molecular flexibility index (Phi) is 2.24. The van der Waals surface area contributed by atoms with E-state index in [1.165, 1.54) is 0 Å². The molecule has 0 heterocycles. The first-order valence-corrected chi connectivity index (χ1v) is 3.31. The minimum absolute atomic E-state index is 0.00259. The van der Waals surface area contributed by atoms with Crippen LogP contribution in [0.15, 0.2) is 0 Å². The number of carbonyl (C=O) groups is 1. The van der Waals surface area contributed by atoms with E-state index < -0.39 is 5.97 Å². The van der Waals surface area contributed by atoms with Crippen LogP contribution in [-0.2, 0) is 4.79 Å². The van der Waals surface area contributed by atoms with Crippen LogP contribution in [0, 0.1) is 0 Å². The fourth-order valence-electron chi connectivity index (χ4n) is 0.986. The number of carboxylic acid groups (broad SMARTS) is 1. The molecule has 0 atom stereocenters. The van der Waals surface area contributed by atoms with E-state index in [0.717, 1.165) is 0 Å². The molecule has 0 bridgehead atoms. The second-order valence-electron chi connectivity index (χ2n) is 2.60. The number of aliphatic carboxylic acids is 1. The molecule has 0 aromatic heterocycles. The van der Waals surface area contributed by atoms with Crippen molar-refractivity contribution >= 4 is 5.97 Å². The van der Waals surface area contributed by atoms with Crippen molar-refractivity contribution in [2.24, 2.45) is 0 Å². The van der Waals surface area contributed by atoms with Gasteiger partial charge in [0.2, 0.25) is 0 Å². The van der Waals surface area contributed by atoms with Crippen molar-refractivity contribution in [2.45, 2.75) is 25.0 Å². The van der Waals surface area contributed by atoms with E-state index in [1.807, 2.05) is 0 Å². The summed E-state index contributed by atoms with van der Waals surface area (Å²) >= 11 is 0. The first-order chi connectivity index (χ1) is 4.68. The van der Waals surface area contributed by atoms with Crippen molar-refractivity contribution in [1.29, 1.82) is 0 Å². The van der Waals surface area contributed by atoms with Gasteiger partial charge in [0.05, 0.1) is 12.6 Å². The summed E-state index contributed by atoms with van der Waals surface area (Å²) in [5, 5.41) is 19.8. The van der Waals surface area contributed by atoms with E-state index in [1.54, 1.807) is 0 Å². The standard InChI is InChI=1S/C6H11NO3/c8-5-1-4(2-5)7-3-6(9)10/h4-5,7-8H,1-3H2,(H,9,10). The van der Waals surface area contributed by atoms with E-state index >= 15 is 0 Å². The third kappa shape index (κ3) is 1.97. The smallest absolute Gasteiger partial charge is 0.317 e. The maximum Gasteiger partial charge on any atom is 0.317 e. The molecular weight excluding hydrogens is 134 g/mol. The summed E-state index contributed by atoms with van der Waals surface area (Å²) in [5.41, 5.74) is 0. The van der Waals surface area contributed by atoms with Crippen molar-refractivity contribution < 1.29 is 15.0 Å². The lowest BCUT2D eigenvalue weighted by molar-refractivity contribution is -0.136. The van der Waals surface area contributed by atoms with E-state index in [9.17, 15) is 4.79 Å². The fourth-order valence-corrected chi connectivity index (χ4v) is 0.986. The number of aliphatic hydroxyl groups excluding tert-OH is 1. The van der Waals surface area contributed by atoms with Crippen LogP contribution in [0.1, 0.15) is 12.8 Å². The van der Waals surface area contributed by atoms with E-state index in [-0.39, 0.29) is 18.7 Å². The third-order valence-corrected chi connectivity index (χ3v) is 1.66. The maximum absolute atomic E-state index is 10.0. The van der Waals surface area contributed by atoms with Gasteiger partial charge in [-0.3, -0.25) is 4.79 Å². The molecule has 0 unspecified atom stereocenters. The summed E-state index contributed by atoms with van der Waals surface area (Å²) in [6.45, 7) is -0.00259. The van der Waals surface area contributed by atoms with Crippen molar-refractivity contribution in [2.75, 3.05) is 6.54 Å². The lowest BCUT2D eigenvalue weighted by Crippen LogP contribution is -2.45. The molecule has 3 N–H and O–H groups in total. The van der Waals surface area contributed by atoms with Gasteiger partial charge in [-0.15, -0.1) is 0 Å².